The number of likely N-dealkylation sites (N-methyl/N-ethyl adjacent to an activating group) is 1. The van der Waals surface area contributed by atoms with E-state index >= 15 is 0 Å². The number of aliphatic hydroxyl groups is 1. The molecule has 0 amide bonds. The lowest BCUT2D eigenvalue weighted by Crippen LogP contribution is -2.50. The monoisotopic (exact) mass is 283 g/mol. The molecule has 3 atom stereocenters. The van der Waals surface area contributed by atoms with E-state index in [2.05, 4.69) is 0 Å². The van der Waals surface area contributed by atoms with Crippen LogP contribution in [0.25, 0.3) is 0 Å². The minimum Gasteiger partial charge on any atom is -0.481 e. The number of piperidine rings is 1. The second-order valence-corrected chi connectivity index (χ2v) is 5.61. The largest absolute Gasteiger partial charge is 0.481 e. The number of carboxylic acids is 1. The van der Waals surface area contributed by atoms with Crippen LogP contribution in [0.2, 0.25) is 5.02 Å². The van der Waals surface area contributed by atoms with Gasteiger partial charge < -0.3 is 15.1 Å². The molecular formula is C14H18ClNO3. The van der Waals surface area contributed by atoms with Gasteiger partial charge in [-0.1, -0.05) is 23.7 Å². The van der Waals surface area contributed by atoms with E-state index in [9.17, 15) is 9.90 Å². The van der Waals surface area contributed by atoms with Crippen molar-refractivity contribution in [2.75, 3.05) is 13.6 Å². The van der Waals surface area contributed by atoms with Gasteiger partial charge in [0, 0.05) is 17.6 Å². The van der Waals surface area contributed by atoms with Crippen molar-refractivity contribution in [3.63, 3.8) is 0 Å². The average molecular weight is 284 g/mol. The van der Waals surface area contributed by atoms with Gasteiger partial charge in [0.15, 0.2) is 0 Å². The number of halogens is 1. The molecular weight excluding hydrogens is 266 g/mol. The Bertz CT molecular complexity index is 449. The summed E-state index contributed by atoms with van der Waals surface area (Å²) in [6.07, 6.45) is 0.499. The van der Waals surface area contributed by atoms with Gasteiger partial charge in [-0.2, -0.15) is 0 Å². The Labute approximate surface area is 117 Å². The molecule has 1 aromatic carbocycles. The van der Waals surface area contributed by atoms with Gasteiger partial charge in [0.1, 0.15) is 0 Å². The Kier molecular flexibility index (Phi) is 4.45. The fourth-order valence-electron chi connectivity index (χ4n) is 2.58. The zero-order valence-electron chi connectivity index (χ0n) is 10.8. The van der Waals surface area contributed by atoms with Gasteiger partial charge in [0.2, 0.25) is 0 Å². The molecule has 0 aliphatic carbocycles. The SMILES string of the molecule is CN1CC(C(=O)O)C(O)CC1Cc1ccc(Cl)cc1. The molecule has 1 aliphatic heterocycles. The van der Waals surface area contributed by atoms with Gasteiger partial charge >= 0.3 is 5.97 Å². The van der Waals surface area contributed by atoms with E-state index in [1.807, 2.05) is 36.2 Å². The maximum Gasteiger partial charge on any atom is 0.310 e. The Morgan fingerprint density at radius 3 is 2.63 bits per heavy atom. The van der Waals surface area contributed by atoms with Crippen LogP contribution in [0.4, 0.5) is 0 Å². The zero-order valence-corrected chi connectivity index (χ0v) is 11.5. The summed E-state index contributed by atoms with van der Waals surface area (Å²) in [5.41, 5.74) is 1.14. The summed E-state index contributed by atoms with van der Waals surface area (Å²) in [6, 6.07) is 7.77. The van der Waals surface area contributed by atoms with Crippen LogP contribution in [0.5, 0.6) is 0 Å². The highest BCUT2D eigenvalue weighted by atomic mass is 35.5. The molecule has 1 aromatic rings. The summed E-state index contributed by atoms with van der Waals surface area (Å²) in [6.45, 7) is 0.384. The topological polar surface area (TPSA) is 60.8 Å². The summed E-state index contributed by atoms with van der Waals surface area (Å²) in [5.74, 6) is -1.62. The van der Waals surface area contributed by atoms with E-state index in [4.69, 9.17) is 16.7 Å². The molecule has 0 spiro atoms. The molecule has 4 nitrogen and oxygen atoms in total. The molecule has 2 N–H and O–H groups in total. The molecule has 0 radical (unpaired) electrons. The predicted molar refractivity (Wildman–Crippen MR) is 73.3 cm³/mol. The highest BCUT2D eigenvalue weighted by Crippen LogP contribution is 2.24. The molecule has 5 heteroatoms. The van der Waals surface area contributed by atoms with Crippen molar-refractivity contribution in [3.8, 4) is 0 Å². The van der Waals surface area contributed by atoms with Crippen LogP contribution in [0, 0.1) is 5.92 Å². The van der Waals surface area contributed by atoms with Crippen molar-refractivity contribution in [2.45, 2.75) is 25.0 Å². The Morgan fingerprint density at radius 2 is 2.05 bits per heavy atom. The number of nitrogens with zero attached hydrogens (tertiary/aromatic N) is 1. The van der Waals surface area contributed by atoms with Crippen molar-refractivity contribution < 1.29 is 15.0 Å². The number of benzene rings is 1. The van der Waals surface area contributed by atoms with Crippen molar-refractivity contribution in [1.29, 1.82) is 0 Å². The fraction of sp³-hybridized carbons (Fsp3) is 0.500. The highest BCUT2D eigenvalue weighted by Gasteiger charge is 2.36. The molecule has 0 aromatic heterocycles. The number of hydrogen-bond donors (Lipinski definition) is 2. The van der Waals surface area contributed by atoms with Crippen LogP contribution in [0.3, 0.4) is 0 Å². The molecule has 1 heterocycles. The first-order chi connectivity index (χ1) is 8.97. The molecule has 3 unspecified atom stereocenters. The van der Waals surface area contributed by atoms with Gasteiger partial charge in [-0.15, -0.1) is 0 Å². The highest BCUT2D eigenvalue weighted by molar-refractivity contribution is 6.30. The Morgan fingerprint density at radius 1 is 1.42 bits per heavy atom. The van der Waals surface area contributed by atoms with E-state index < -0.39 is 18.0 Å². The van der Waals surface area contributed by atoms with Gasteiger partial charge in [-0.3, -0.25) is 4.79 Å². The standard InChI is InChI=1S/C14H18ClNO3/c1-16-8-12(14(18)19)13(17)7-11(16)6-9-2-4-10(15)5-3-9/h2-5,11-13,17H,6-8H2,1H3,(H,18,19). The third-order valence-corrected chi connectivity index (χ3v) is 4.04. The van der Waals surface area contributed by atoms with Crippen LogP contribution in [0.15, 0.2) is 24.3 Å². The summed E-state index contributed by atoms with van der Waals surface area (Å²) >= 11 is 5.84. The third kappa shape index (κ3) is 3.47. The average Bonchev–Trinajstić information content (AvgIpc) is 2.35. The number of rotatable bonds is 3. The first kappa shape index (κ1) is 14.3. The van der Waals surface area contributed by atoms with Crippen molar-refractivity contribution >= 4 is 17.6 Å². The van der Waals surface area contributed by atoms with Crippen LogP contribution >= 0.6 is 11.6 Å². The molecule has 2 rings (SSSR count). The van der Waals surface area contributed by atoms with Gasteiger partial charge in [-0.05, 0) is 37.6 Å². The molecule has 1 aliphatic rings. The van der Waals surface area contributed by atoms with Crippen LogP contribution < -0.4 is 0 Å². The maximum absolute atomic E-state index is 11.0. The number of hydrogen-bond acceptors (Lipinski definition) is 3. The van der Waals surface area contributed by atoms with Gasteiger partial charge in [-0.25, -0.2) is 0 Å². The fourth-order valence-corrected chi connectivity index (χ4v) is 2.70. The number of aliphatic carboxylic acids is 1. The van der Waals surface area contributed by atoms with Gasteiger partial charge in [0.05, 0.1) is 12.0 Å². The first-order valence-electron chi connectivity index (χ1n) is 6.33. The zero-order chi connectivity index (χ0) is 14.0. The van der Waals surface area contributed by atoms with Gasteiger partial charge in [0.25, 0.3) is 0 Å². The molecule has 104 valence electrons. The van der Waals surface area contributed by atoms with Crippen molar-refractivity contribution in [1.82, 2.24) is 4.90 Å². The predicted octanol–water partition coefficient (Wildman–Crippen LogP) is 1.65. The van der Waals surface area contributed by atoms with E-state index in [-0.39, 0.29) is 6.04 Å². The lowest BCUT2D eigenvalue weighted by Gasteiger charge is -2.38. The number of likely N-dealkylation sites (tertiary alicyclic amines) is 1. The van der Waals surface area contributed by atoms with Crippen molar-refractivity contribution in [2.24, 2.45) is 5.92 Å². The lowest BCUT2D eigenvalue weighted by atomic mass is 9.87. The maximum atomic E-state index is 11.0. The van der Waals surface area contributed by atoms with Crippen LogP contribution in [-0.2, 0) is 11.2 Å². The van der Waals surface area contributed by atoms with Crippen molar-refractivity contribution in [3.05, 3.63) is 34.9 Å². The minimum atomic E-state index is -0.927. The van der Waals surface area contributed by atoms with E-state index in [0.29, 0.717) is 18.0 Å². The number of carboxylic acid groups (broad SMARTS) is 1. The second-order valence-electron chi connectivity index (χ2n) is 5.17. The molecule has 19 heavy (non-hydrogen) atoms. The quantitative estimate of drug-likeness (QED) is 0.885. The summed E-state index contributed by atoms with van der Waals surface area (Å²) in [5, 5.41) is 19.7. The smallest absolute Gasteiger partial charge is 0.310 e. The lowest BCUT2D eigenvalue weighted by molar-refractivity contribution is -0.149. The van der Waals surface area contributed by atoms with E-state index in [0.717, 1.165) is 12.0 Å². The first-order valence-corrected chi connectivity index (χ1v) is 6.70. The summed E-state index contributed by atoms with van der Waals surface area (Å²) < 4.78 is 0. The molecule has 1 fully saturated rings. The van der Waals surface area contributed by atoms with Crippen LogP contribution in [0.1, 0.15) is 12.0 Å². The summed E-state index contributed by atoms with van der Waals surface area (Å²) in [7, 11) is 1.91. The third-order valence-electron chi connectivity index (χ3n) is 3.79. The Balaban J connectivity index is 2.02. The number of aliphatic hydroxyl groups excluding tert-OH is 1. The molecule has 0 bridgehead atoms. The minimum absolute atomic E-state index is 0.159. The molecule has 0 saturated carbocycles. The Hall–Kier alpha value is -1.10. The number of carbonyl (C=O) groups is 1. The molecule has 1 saturated heterocycles. The second kappa shape index (κ2) is 5.90. The van der Waals surface area contributed by atoms with Crippen LogP contribution in [-0.4, -0.2) is 46.8 Å². The summed E-state index contributed by atoms with van der Waals surface area (Å²) in [4.78, 5) is 13.0. The normalized spacial score (nSPS) is 28.3. The van der Waals surface area contributed by atoms with E-state index in [1.165, 1.54) is 0 Å². The van der Waals surface area contributed by atoms with E-state index in [1.54, 1.807) is 0 Å².